The zero-order chi connectivity index (χ0) is 43.2. The van der Waals surface area contributed by atoms with E-state index in [0.29, 0.717) is 61.9 Å². The molecule has 4 aromatic rings. The van der Waals surface area contributed by atoms with Gasteiger partial charge in [-0.05, 0) is 139 Å². The summed E-state index contributed by atoms with van der Waals surface area (Å²) in [7, 11) is 0. The summed E-state index contributed by atoms with van der Waals surface area (Å²) in [6.07, 6.45) is -0.213. The number of benzene rings is 4. The van der Waals surface area contributed by atoms with Crippen molar-refractivity contribution in [2.24, 2.45) is 0 Å². The van der Waals surface area contributed by atoms with Gasteiger partial charge in [0, 0.05) is 74.4 Å². The van der Waals surface area contributed by atoms with Crippen molar-refractivity contribution in [1.82, 2.24) is 0 Å². The van der Waals surface area contributed by atoms with Crippen LogP contribution in [0.1, 0.15) is 94.7 Å². The number of esters is 1. The second kappa shape index (κ2) is 32.8. The first-order chi connectivity index (χ1) is 26.1. The predicted molar refractivity (Wildman–Crippen MR) is 283 cm³/mol. The Balaban J connectivity index is -0.000000845. The Morgan fingerprint density at radius 3 is 1.10 bits per heavy atom. The van der Waals surface area contributed by atoms with E-state index in [1.165, 1.54) is 13.8 Å². The van der Waals surface area contributed by atoms with Crippen molar-refractivity contribution in [1.29, 1.82) is 0 Å². The quantitative estimate of drug-likeness (QED) is 0.0683. The molecule has 58 heavy (non-hydrogen) atoms. The Kier molecular flexibility index (Phi) is 35.4. The monoisotopic (exact) mass is 1580 g/mol. The van der Waals surface area contributed by atoms with Gasteiger partial charge in [-0.1, -0.05) is 60.4 Å². The van der Waals surface area contributed by atoms with Gasteiger partial charge in [0.15, 0.2) is 22.8 Å². The minimum absolute atomic E-state index is 0. The summed E-state index contributed by atoms with van der Waals surface area (Å²) in [5.41, 5.74) is -0.351. The SMILES string of the molecule is C.CC(C)(Oc1ccc(C(=O)c2ccc(Cl)cc2)cc1)C(=O)O.CC(C)Br.CC(C)OC(=O)C(C)(C)Oc1ccc(C(=O)c2ccc(Cl)cc2)cc1.I.II.I[I-]I. The Hall–Kier alpha value is 0.200. The molecular formula is C41H48BrCl2I6O8-. The second-order valence-corrected chi connectivity index (χ2v) is 31.7. The number of rotatable bonds is 11. The van der Waals surface area contributed by atoms with E-state index < -0.39 is 23.1 Å². The van der Waals surface area contributed by atoms with Crippen LogP contribution in [0.2, 0.25) is 10.0 Å². The van der Waals surface area contributed by atoms with Crippen molar-refractivity contribution in [3.63, 3.8) is 0 Å². The van der Waals surface area contributed by atoms with Crippen molar-refractivity contribution in [3.05, 3.63) is 129 Å². The van der Waals surface area contributed by atoms with Crippen molar-refractivity contribution in [2.75, 3.05) is 0 Å². The molecule has 1 N–H and O–H groups in total. The summed E-state index contributed by atoms with van der Waals surface area (Å²) < 4.78 is 16.3. The third-order valence-electron chi connectivity index (χ3n) is 6.54. The molecule has 8 nitrogen and oxygen atoms in total. The van der Waals surface area contributed by atoms with Gasteiger partial charge in [-0.15, -0.1) is 24.0 Å². The second-order valence-electron chi connectivity index (χ2n) is 12.8. The summed E-state index contributed by atoms with van der Waals surface area (Å²) in [5, 5.41) is 10.2. The molecule has 0 spiro atoms. The number of carboxylic acid groups (broad SMARTS) is 1. The van der Waals surface area contributed by atoms with Crippen LogP contribution in [0.25, 0.3) is 0 Å². The molecule has 0 bridgehead atoms. The first kappa shape index (κ1) is 62.5. The topological polar surface area (TPSA) is 116 Å². The number of aliphatic carboxylic acids is 1. The summed E-state index contributed by atoms with van der Waals surface area (Å²) in [4.78, 5) is 48.4. The van der Waals surface area contributed by atoms with Crippen LogP contribution in [0.4, 0.5) is 0 Å². The summed E-state index contributed by atoms with van der Waals surface area (Å²) in [5.74, 6) is -0.876. The molecule has 0 aliphatic heterocycles. The molecule has 0 fully saturated rings. The number of carbonyl (C=O) groups excluding carboxylic acids is 3. The Morgan fingerprint density at radius 2 is 0.862 bits per heavy atom. The van der Waals surface area contributed by atoms with E-state index in [2.05, 4.69) is 104 Å². The first-order valence-electron chi connectivity index (χ1n) is 16.4. The molecule has 0 amide bonds. The molecule has 0 radical (unpaired) electrons. The molecule has 4 aromatic carbocycles. The molecule has 4 rings (SSSR count). The molecular weight excluding hydrogens is 1530 g/mol. The fraction of sp³-hybridized carbons (Fsp3) is 0.317. The number of carbonyl (C=O) groups is 4. The molecule has 0 heterocycles. The number of ether oxygens (including phenoxy) is 3. The number of halogens is 9. The number of ketones is 2. The fourth-order valence-electron chi connectivity index (χ4n) is 3.92. The third-order valence-corrected chi connectivity index (χ3v) is 7.05. The van der Waals surface area contributed by atoms with Gasteiger partial charge >= 0.3 is 62.4 Å². The van der Waals surface area contributed by atoms with Gasteiger partial charge in [-0.25, -0.2) is 9.59 Å². The maximum atomic E-state index is 12.4. The fourth-order valence-corrected chi connectivity index (χ4v) is 4.17. The molecule has 0 aliphatic carbocycles. The third kappa shape index (κ3) is 25.3. The van der Waals surface area contributed by atoms with Gasteiger partial charge < -0.3 is 19.3 Å². The van der Waals surface area contributed by atoms with Crippen LogP contribution in [-0.2, 0) is 14.3 Å². The van der Waals surface area contributed by atoms with Crippen molar-refractivity contribution in [3.8, 4) is 11.5 Å². The van der Waals surface area contributed by atoms with Crippen LogP contribution >= 0.6 is 138 Å². The number of hydrogen-bond donors (Lipinski definition) is 1. The number of alkyl halides is 1. The van der Waals surface area contributed by atoms with Crippen molar-refractivity contribution < 1.29 is 51.8 Å². The van der Waals surface area contributed by atoms with E-state index in [1.54, 1.807) is 125 Å². The standard InChI is InChI=1S/C20H21ClO4.C17H15ClO4.C3H7Br.CH4.I3.I2.HI/c1-13(2)24-19(23)20(3,4)25-17-11-7-15(8-12-17)18(22)14-5-9-16(21)10-6-14;1-17(2,16(20)21)22-14-9-5-12(6-10-14)15(19)11-3-7-13(18)8-4-11;1-3(2)4;;1-3-2;1-2;/h5-13H,1-4H3;3-10H,1-2H3,(H,20,21);3H,1-2H3;1H4;;;1H/q;;;;-1;;. The van der Waals surface area contributed by atoms with E-state index >= 15 is 0 Å². The van der Waals surface area contributed by atoms with E-state index in [-0.39, 0.29) is 49.1 Å². The number of carboxylic acids is 1. The normalized spacial score (nSPS) is 10.2. The Bertz CT molecular complexity index is 1790. The van der Waals surface area contributed by atoms with E-state index in [0.717, 1.165) is 0 Å². The molecule has 0 saturated carbocycles. The van der Waals surface area contributed by atoms with Crippen molar-refractivity contribution in [2.45, 2.75) is 84.9 Å². The van der Waals surface area contributed by atoms with Crippen LogP contribution in [0.3, 0.4) is 0 Å². The number of hydrogen-bond acceptors (Lipinski definition) is 7. The van der Waals surface area contributed by atoms with Gasteiger partial charge in [-0.2, -0.15) is 0 Å². The molecule has 324 valence electrons. The first-order valence-corrected chi connectivity index (χ1v) is 36.9. The molecule has 17 heteroatoms. The minimum atomic E-state index is -1.33. The van der Waals surface area contributed by atoms with Crippen LogP contribution in [0.5, 0.6) is 11.5 Å². The Morgan fingerprint density at radius 1 is 0.621 bits per heavy atom. The predicted octanol–water partition coefficient (Wildman–Crippen LogP) is 12.1. The molecule has 0 aromatic heterocycles. The van der Waals surface area contributed by atoms with Gasteiger partial charge in [0.25, 0.3) is 0 Å². The zero-order valence-electron chi connectivity index (χ0n) is 32.1. The van der Waals surface area contributed by atoms with E-state index in [1.807, 2.05) is 0 Å². The Labute approximate surface area is 432 Å². The van der Waals surface area contributed by atoms with Crippen LogP contribution < -0.4 is 22.7 Å². The van der Waals surface area contributed by atoms with Crippen molar-refractivity contribution >= 4 is 161 Å². The summed E-state index contributed by atoms with van der Waals surface area (Å²) in [6, 6.07) is 26.3. The maximum absolute atomic E-state index is 12.4. The average Bonchev–Trinajstić information content (AvgIpc) is 3.13. The van der Waals surface area contributed by atoms with Crippen LogP contribution in [0, 0.1) is 0 Å². The van der Waals surface area contributed by atoms with Crippen LogP contribution in [0.15, 0.2) is 97.1 Å². The molecule has 0 saturated heterocycles. The van der Waals surface area contributed by atoms with E-state index in [4.69, 9.17) is 42.5 Å². The summed E-state index contributed by atoms with van der Waals surface area (Å²) >= 11 is 24.4. The van der Waals surface area contributed by atoms with Gasteiger partial charge in [0.1, 0.15) is 11.5 Å². The van der Waals surface area contributed by atoms with Gasteiger partial charge in [0.2, 0.25) is 0 Å². The average molecular weight is 1580 g/mol. The zero-order valence-corrected chi connectivity index (χ0v) is 48.3. The summed E-state index contributed by atoms with van der Waals surface area (Å²) in [6.45, 7) is 13.9. The van der Waals surface area contributed by atoms with Gasteiger partial charge in [0.05, 0.1) is 6.10 Å². The van der Waals surface area contributed by atoms with E-state index in [9.17, 15) is 19.2 Å². The molecule has 0 atom stereocenters. The molecule has 0 aliphatic rings. The van der Waals surface area contributed by atoms with Gasteiger partial charge in [-0.3, -0.25) is 9.59 Å². The molecule has 0 unspecified atom stereocenters. The van der Waals surface area contributed by atoms with Crippen LogP contribution in [-0.4, -0.2) is 50.7 Å².